The Hall–Kier alpha value is -4.06. The Bertz CT molecular complexity index is 1370. The van der Waals surface area contributed by atoms with Gasteiger partial charge in [0.1, 0.15) is 11.5 Å². The number of Topliss-reactive ketones (excluding diaryl/α,β-unsaturated/α-hetero) is 1. The second kappa shape index (κ2) is 11.8. The van der Waals surface area contributed by atoms with Crippen molar-refractivity contribution >= 4 is 28.8 Å². The van der Waals surface area contributed by atoms with Crippen LogP contribution >= 0.6 is 0 Å². The number of aliphatic hydroxyl groups is 1. The molecule has 3 aromatic rings. The molecule has 1 unspecified atom stereocenters. The van der Waals surface area contributed by atoms with Crippen LogP contribution in [-0.2, 0) is 9.59 Å². The van der Waals surface area contributed by atoms with Crippen LogP contribution < -0.4 is 14.5 Å². The zero-order valence-electron chi connectivity index (χ0n) is 23.7. The van der Waals surface area contributed by atoms with Gasteiger partial charge in [-0.1, -0.05) is 43.7 Å². The standard InChI is InChI=1S/C33H38N2O4/c1-7-34(8-2)25-17-12-23(13-18-25)30-29(32(37)33(38)35(30)26-15-10-22(6)11-16-26)31(36)24-14-19-28(39-9-3)27(20-24)21(4)5/h10-21,30,36H,7-9H2,1-6H3/b31-29-. The molecule has 0 bridgehead atoms. The summed E-state index contributed by atoms with van der Waals surface area (Å²) in [6.07, 6.45) is 0. The maximum absolute atomic E-state index is 13.6. The monoisotopic (exact) mass is 526 g/mol. The molecule has 1 aliphatic rings. The van der Waals surface area contributed by atoms with Crippen molar-refractivity contribution in [2.75, 3.05) is 29.5 Å². The molecule has 1 amide bonds. The predicted molar refractivity (Wildman–Crippen MR) is 158 cm³/mol. The van der Waals surface area contributed by atoms with Gasteiger partial charge in [-0.25, -0.2) is 0 Å². The number of hydrogen-bond acceptors (Lipinski definition) is 5. The highest BCUT2D eigenvalue weighted by Crippen LogP contribution is 2.43. The SMILES string of the molecule is CCOc1ccc(/C(O)=C2/C(=O)C(=O)N(c3ccc(C)cc3)C2c2ccc(N(CC)CC)cc2)cc1C(C)C. The lowest BCUT2D eigenvalue weighted by Gasteiger charge is -2.27. The first kappa shape index (κ1) is 28.0. The van der Waals surface area contributed by atoms with Crippen molar-refractivity contribution < 1.29 is 19.4 Å². The summed E-state index contributed by atoms with van der Waals surface area (Å²) in [4.78, 5) is 30.8. The van der Waals surface area contributed by atoms with Crippen LogP contribution in [0.15, 0.2) is 72.3 Å². The second-order valence-corrected chi connectivity index (χ2v) is 10.1. The van der Waals surface area contributed by atoms with Crippen LogP contribution in [0.4, 0.5) is 11.4 Å². The van der Waals surface area contributed by atoms with Gasteiger partial charge in [0, 0.05) is 30.0 Å². The molecule has 1 N–H and O–H groups in total. The van der Waals surface area contributed by atoms with Gasteiger partial charge in [-0.2, -0.15) is 0 Å². The summed E-state index contributed by atoms with van der Waals surface area (Å²) in [7, 11) is 0. The predicted octanol–water partition coefficient (Wildman–Crippen LogP) is 6.99. The first-order chi connectivity index (χ1) is 18.7. The van der Waals surface area contributed by atoms with E-state index in [1.165, 1.54) is 4.90 Å². The van der Waals surface area contributed by atoms with E-state index in [1.807, 2.05) is 74.5 Å². The van der Waals surface area contributed by atoms with E-state index in [0.717, 1.165) is 41.2 Å². The number of carbonyl (C=O) groups is 2. The number of ether oxygens (including phenoxy) is 1. The van der Waals surface area contributed by atoms with E-state index in [4.69, 9.17) is 4.74 Å². The molecule has 0 aliphatic carbocycles. The number of ketones is 1. The second-order valence-electron chi connectivity index (χ2n) is 10.1. The molecule has 1 saturated heterocycles. The molecule has 1 fully saturated rings. The van der Waals surface area contributed by atoms with Crippen molar-refractivity contribution in [1.29, 1.82) is 0 Å². The molecule has 4 rings (SSSR count). The highest BCUT2D eigenvalue weighted by atomic mass is 16.5. The van der Waals surface area contributed by atoms with E-state index < -0.39 is 17.7 Å². The van der Waals surface area contributed by atoms with Crippen LogP contribution in [-0.4, -0.2) is 36.5 Å². The van der Waals surface area contributed by atoms with Crippen LogP contribution in [0.1, 0.15) is 68.8 Å². The topological polar surface area (TPSA) is 70.1 Å². The summed E-state index contributed by atoms with van der Waals surface area (Å²) in [5, 5.41) is 11.6. The Morgan fingerprint density at radius 3 is 2.15 bits per heavy atom. The number of hydrogen-bond donors (Lipinski definition) is 1. The van der Waals surface area contributed by atoms with Crippen molar-refractivity contribution in [1.82, 2.24) is 0 Å². The summed E-state index contributed by atoms with van der Waals surface area (Å²) in [5.41, 5.74) is 4.95. The molecule has 6 heteroatoms. The molecule has 1 atom stereocenters. The minimum atomic E-state index is -0.771. The van der Waals surface area contributed by atoms with E-state index >= 15 is 0 Å². The van der Waals surface area contributed by atoms with Crippen LogP contribution in [0.2, 0.25) is 0 Å². The Balaban J connectivity index is 1.90. The number of amides is 1. The normalized spacial score (nSPS) is 16.7. The molecule has 0 spiro atoms. The number of nitrogens with zero attached hydrogens (tertiary/aromatic N) is 2. The quantitative estimate of drug-likeness (QED) is 0.185. The van der Waals surface area contributed by atoms with E-state index in [1.54, 1.807) is 6.07 Å². The summed E-state index contributed by atoms with van der Waals surface area (Å²) in [6.45, 7) is 14.5. The van der Waals surface area contributed by atoms with Gasteiger partial charge in [-0.05, 0) is 87.2 Å². The van der Waals surface area contributed by atoms with E-state index in [9.17, 15) is 14.7 Å². The van der Waals surface area contributed by atoms with E-state index in [0.29, 0.717) is 17.9 Å². The molecule has 204 valence electrons. The molecule has 0 radical (unpaired) electrons. The van der Waals surface area contributed by atoms with E-state index in [2.05, 4.69) is 32.6 Å². The third kappa shape index (κ3) is 5.42. The summed E-state index contributed by atoms with van der Waals surface area (Å²) in [5.74, 6) is -0.671. The minimum absolute atomic E-state index is 0.0787. The average molecular weight is 527 g/mol. The Kier molecular flexibility index (Phi) is 8.44. The number of aliphatic hydroxyl groups excluding tert-OH is 1. The third-order valence-corrected chi connectivity index (χ3v) is 7.30. The van der Waals surface area contributed by atoms with Gasteiger partial charge in [0.05, 0.1) is 18.2 Å². The van der Waals surface area contributed by atoms with Crippen molar-refractivity contribution in [2.24, 2.45) is 0 Å². The fourth-order valence-corrected chi connectivity index (χ4v) is 5.17. The molecular weight excluding hydrogens is 488 g/mol. The van der Waals surface area contributed by atoms with Crippen LogP contribution in [0, 0.1) is 6.92 Å². The average Bonchev–Trinajstić information content (AvgIpc) is 3.20. The Morgan fingerprint density at radius 2 is 1.59 bits per heavy atom. The van der Waals surface area contributed by atoms with Crippen LogP contribution in [0.25, 0.3) is 5.76 Å². The molecule has 1 aliphatic heterocycles. The highest BCUT2D eigenvalue weighted by molar-refractivity contribution is 6.51. The van der Waals surface area contributed by atoms with Crippen LogP contribution in [0.5, 0.6) is 5.75 Å². The number of rotatable bonds is 9. The smallest absolute Gasteiger partial charge is 0.300 e. The zero-order chi connectivity index (χ0) is 28.3. The van der Waals surface area contributed by atoms with Crippen molar-refractivity contribution in [3.05, 3.63) is 94.6 Å². The molecular formula is C33H38N2O4. The number of aryl methyl sites for hydroxylation is 1. The largest absolute Gasteiger partial charge is 0.507 e. The maximum Gasteiger partial charge on any atom is 0.300 e. The van der Waals surface area contributed by atoms with Crippen molar-refractivity contribution in [2.45, 2.75) is 53.5 Å². The molecule has 1 heterocycles. The third-order valence-electron chi connectivity index (χ3n) is 7.30. The number of benzene rings is 3. The van der Waals surface area contributed by atoms with Gasteiger partial charge in [0.2, 0.25) is 0 Å². The fourth-order valence-electron chi connectivity index (χ4n) is 5.17. The summed E-state index contributed by atoms with van der Waals surface area (Å²) >= 11 is 0. The van der Waals surface area contributed by atoms with Gasteiger partial charge in [-0.3, -0.25) is 14.5 Å². The Morgan fingerprint density at radius 1 is 0.949 bits per heavy atom. The number of anilines is 2. The summed E-state index contributed by atoms with van der Waals surface area (Å²) < 4.78 is 5.79. The van der Waals surface area contributed by atoms with Gasteiger partial charge in [-0.15, -0.1) is 0 Å². The Labute approximate surface area is 231 Å². The molecule has 3 aromatic carbocycles. The lowest BCUT2D eigenvalue weighted by atomic mass is 9.93. The summed E-state index contributed by atoms with van der Waals surface area (Å²) in [6, 6.07) is 20.0. The van der Waals surface area contributed by atoms with E-state index in [-0.39, 0.29) is 17.3 Å². The maximum atomic E-state index is 13.6. The molecule has 0 saturated carbocycles. The lowest BCUT2D eigenvalue weighted by Crippen LogP contribution is -2.29. The van der Waals surface area contributed by atoms with Gasteiger partial charge in [0.25, 0.3) is 11.7 Å². The molecule has 6 nitrogen and oxygen atoms in total. The highest BCUT2D eigenvalue weighted by Gasteiger charge is 2.47. The first-order valence-corrected chi connectivity index (χ1v) is 13.7. The van der Waals surface area contributed by atoms with Crippen LogP contribution in [0.3, 0.4) is 0 Å². The fraction of sp³-hybridized carbons (Fsp3) is 0.333. The molecule has 0 aromatic heterocycles. The van der Waals surface area contributed by atoms with Gasteiger partial charge >= 0.3 is 0 Å². The number of carbonyl (C=O) groups excluding carboxylic acids is 2. The molecule has 39 heavy (non-hydrogen) atoms. The lowest BCUT2D eigenvalue weighted by molar-refractivity contribution is -0.132. The first-order valence-electron chi connectivity index (χ1n) is 13.7. The zero-order valence-corrected chi connectivity index (χ0v) is 23.7. The van der Waals surface area contributed by atoms with Gasteiger partial charge < -0.3 is 14.7 Å². The van der Waals surface area contributed by atoms with Gasteiger partial charge in [0.15, 0.2) is 0 Å². The minimum Gasteiger partial charge on any atom is -0.507 e. The van der Waals surface area contributed by atoms with Crippen molar-refractivity contribution in [3.63, 3.8) is 0 Å². The van der Waals surface area contributed by atoms with Crippen molar-refractivity contribution in [3.8, 4) is 5.75 Å².